The first-order chi connectivity index (χ1) is 6.83. The van der Waals surface area contributed by atoms with Gasteiger partial charge >= 0.3 is 6.03 Å². The van der Waals surface area contributed by atoms with E-state index in [4.69, 9.17) is 4.74 Å². The van der Waals surface area contributed by atoms with Crippen LogP contribution in [-0.4, -0.2) is 45.4 Å². The number of amides is 2. The smallest absolute Gasteiger partial charge is 0.314 e. The number of rotatable bonds is 5. The zero-order valence-corrected chi connectivity index (χ0v) is 8.64. The van der Waals surface area contributed by atoms with Crippen molar-refractivity contribution < 1.29 is 9.53 Å². The van der Waals surface area contributed by atoms with Gasteiger partial charge in [0, 0.05) is 26.2 Å². The fourth-order valence-corrected chi connectivity index (χ4v) is 1.48. The molecule has 1 atom stereocenters. The molecule has 1 saturated heterocycles. The molecule has 0 spiro atoms. The predicted octanol–water partition coefficient (Wildman–Crippen LogP) is -0.316. The van der Waals surface area contributed by atoms with E-state index in [-0.39, 0.29) is 6.03 Å². The molecule has 2 amide bonds. The summed E-state index contributed by atoms with van der Waals surface area (Å²) in [4.78, 5) is 11.2. The molecule has 0 bridgehead atoms. The molecule has 0 aromatic carbocycles. The lowest BCUT2D eigenvalue weighted by Gasteiger charge is -2.11. The van der Waals surface area contributed by atoms with E-state index in [1.807, 2.05) is 0 Å². The normalized spacial score (nSPS) is 20.8. The molecule has 0 radical (unpaired) electrons. The molecule has 14 heavy (non-hydrogen) atoms. The van der Waals surface area contributed by atoms with Crippen LogP contribution < -0.4 is 16.0 Å². The van der Waals surface area contributed by atoms with Crippen molar-refractivity contribution in [3.05, 3.63) is 0 Å². The van der Waals surface area contributed by atoms with Crippen LogP contribution in [0.3, 0.4) is 0 Å². The van der Waals surface area contributed by atoms with Gasteiger partial charge in [-0.1, -0.05) is 0 Å². The monoisotopic (exact) mass is 201 g/mol. The summed E-state index contributed by atoms with van der Waals surface area (Å²) >= 11 is 0. The van der Waals surface area contributed by atoms with E-state index in [0.717, 1.165) is 13.0 Å². The zero-order chi connectivity index (χ0) is 10.2. The number of carbonyl (C=O) groups excluding carboxylic acids is 1. The highest BCUT2D eigenvalue weighted by Gasteiger charge is 2.14. The second-order valence-corrected chi connectivity index (χ2v) is 3.42. The molecule has 3 N–H and O–H groups in total. The Hall–Kier alpha value is -0.810. The lowest BCUT2D eigenvalue weighted by molar-refractivity contribution is 0.195. The molecule has 0 aliphatic carbocycles. The summed E-state index contributed by atoms with van der Waals surface area (Å²) in [6, 6.07) is 0.332. The van der Waals surface area contributed by atoms with Crippen molar-refractivity contribution in [3.8, 4) is 0 Å². The van der Waals surface area contributed by atoms with E-state index >= 15 is 0 Å². The minimum Gasteiger partial charge on any atom is -0.383 e. The van der Waals surface area contributed by atoms with Gasteiger partial charge in [0.25, 0.3) is 0 Å². The van der Waals surface area contributed by atoms with E-state index in [2.05, 4.69) is 16.0 Å². The molecular formula is C9H19N3O2. The Morgan fingerprint density at radius 3 is 3.07 bits per heavy atom. The summed E-state index contributed by atoms with van der Waals surface area (Å²) in [5.41, 5.74) is 0. The summed E-state index contributed by atoms with van der Waals surface area (Å²) in [5, 5.41) is 8.83. The van der Waals surface area contributed by atoms with E-state index in [1.165, 1.54) is 6.42 Å². The molecule has 5 nitrogen and oxygen atoms in total. The number of methoxy groups -OCH3 is 1. The third-order valence-corrected chi connectivity index (χ3v) is 2.26. The highest BCUT2D eigenvalue weighted by molar-refractivity contribution is 5.73. The fraction of sp³-hybridized carbons (Fsp3) is 0.889. The van der Waals surface area contributed by atoms with Gasteiger partial charge in [-0.3, -0.25) is 0 Å². The molecule has 1 rings (SSSR count). The number of nitrogens with one attached hydrogen (secondary N) is 3. The van der Waals surface area contributed by atoms with E-state index in [9.17, 15) is 4.79 Å². The van der Waals surface area contributed by atoms with Crippen molar-refractivity contribution in [3.63, 3.8) is 0 Å². The molecule has 0 aromatic rings. The molecule has 1 fully saturated rings. The number of urea groups is 1. The standard InChI is InChI=1S/C9H19N3O2/c1-14-6-5-11-9(13)12-7-8-3-2-4-10-8/h8,10H,2-7H2,1H3,(H2,11,12,13). The number of ether oxygens (including phenoxy) is 1. The molecule has 1 aliphatic rings. The minimum absolute atomic E-state index is 0.115. The van der Waals surface area contributed by atoms with Crippen molar-refractivity contribution in [2.45, 2.75) is 18.9 Å². The van der Waals surface area contributed by atoms with Gasteiger partial charge < -0.3 is 20.7 Å². The lowest BCUT2D eigenvalue weighted by Crippen LogP contribution is -2.43. The van der Waals surface area contributed by atoms with Crippen LogP contribution in [-0.2, 0) is 4.74 Å². The van der Waals surface area contributed by atoms with Crippen LogP contribution in [0.4, 0.5) is 4.79 Å². The van der Waals surface area contributed by atoms with Gasteiger partial charge in [0.1, 0.15) is 0 Å². The van der Waals surface area contributed by atoms with Crippen molar-refractivity contribution in [2.24, 2.45) is 0 Å². The van der Waals surface area contributed by atoms with Gasteiger partial charge in [-0.2, -0.15) is 0 Å². The third-order valence-electron chi connectivity index (χ3n) is 2.26. The van der Waals surface area contributed by atoms with Gasteiger partial charge in [-0.25, -0.2) is 4.79 Å². The largest absolute Gasteiger partial charge is 0.383 e. The van der Waals surface area contributed by atoms with Crippen molar-refractivity contribution in [1.29, 1.82) is 0 Å². The third kappa shape index (κ3) is 4.43. The van der Waals surface area contributed by atoms with E-state index < -0.39 is 0 Å². The van der Waals surface area contributed by atoms with Gasteiger partial charge in [0.05, 0.1) is 6.61 Å². The van der Waals surface area contributed by atoms with E-state index in [1.54, 1.807) is 7.11 Å². The first kappa shape index (κ1) is 11.3. The van der Waals surface area contributed by atoms with Crippen LogP contribution in [0.25, 0.3) is 0 Å². The minimum atomic E-state index is -0.115. The van der Waals surface area contributed by atoms with Crippen LogP contribution in [0.1, 0.15) is 12.8 Å². The van der Waals surface area contributed by atoms with Crippen LogP contribution in [0.5, 0.6) is 0 Å². The highest BCUT2D eigenvalue weighted by atomic mass is 16.5. The molecule has 5 heteroatoms. The molecule has 1 aliphatic heterocycles. The van der Waals surface area contributed by atoms with Gasteiger partial charge in [-0.15, -0.1) is 0 Å². The first-order valence-corrected chi connectivity index (χ1v) is 5.07. The highest BCUT2D eigenvalue weighted by Crippen LogP contribution is 2.02. The summed E-state index contributed by atoms with van der Waals surface area (Å²) in [5.74, 6) is 0. The van der Waals surface area contributed by atoms with Crippen molar-refractivity contribution in [2.75, 3.05) is 33.4 Å². The number of carbonyl (C=O) groups is 1. The number of hydrogen-bond donors (Lipinski definition) is 3. The zero-order valence-electron chi connectivity index (χ0n) is 8.64. The summed E-state index contributed by atoms with van der Waals surface area (Å²) in [6.07, 6.45) is 2.36. The first-order valence-electron chi connectivity index (χ1n) is 5.07. The Balaban J connectivity index is 1.96. The Kier molecular flexibility index (Phi) is 5.32. The summed E-state index contributed by atoms with van der Waals surface area (Å²) in [6.45, 7) is 2.88. The maximum Gasteiger partial charge on any atom is 0.314 e. The Labute approximate surface area is 84.6 Å². The fourth-order valence-electron chi connectivity index (χ4n) is 1.48. The summed E-state index contributed by atoms with van der Waals surface area (Å²) in [7, 11) is 1.61. The Morgan fingerprint density at radius 2 is 2.43 bits per heavy atom. The van der Waals surface area contributed by atoms with Gasteiger partial charge in [0.15, 0.2) is 0 Å². The van der Waals surface area contributed by atoms with Crippen molar-refractivity contribution >= 4 is 6.03 Å². The van der Waals surface area contributed by atoms with Gasteiger partial charge in [0.2, 0.25) is 0 Å². The van der Waals surface area contributed by atoms with Crippen LogP contribution in [0.2, 0.25) is 0 Å². The van der Waals surface area contributed by atoms with Crippen LogP contribution in [0.15, 0.2) is 0 Å². The lowest BCUT2D eigenvalue weighted by atomic mass is 10.2. The number of hydrogen-bond acceptors (Lipinski definition) is 3. The molecule has 0 saturated carbocycles. The van der Waals surface area contributed by atoms with Crippen LogP contribution in [0, 0.1) is 0 Å². The molecule has 0 aromatic heterocycles. The van der Waals surface area contributed by atoms with Crippen LogP contribution >= 0.6 is 0 Å². The molecule has 1 heterocycles. The van der Waals surface area contributed by atoms with Gasteiger partial charge in [-0.05, 0) is 19.4 Å². The molecule has 82 valence electrons. The Bertz CT molecular complexity index is 169. The maximum absolute atomic E-state index is 11.2. The summed E-state index contributed by atoms with van der Waals surface area (Å²) < 4.78 is 4.82. The average molecular weight is 201 g/mol. The SMILES string of the molecule is COCCNC(=O)NCC1CCCN1. The second-order valence-electron chi connectivity index (χ2n) is 3.42. The average Bonchev–Trinajstić information content (AvgIpc) is 2.68. The Morgan fingerprint density at radius 1 is 1.57 bits per heavy atom. The molecule has 1 unspecified atom stereocenters. The predicted molar refractivity (Wildman–Crippen MR) is 54.3 cm³/mol. The quantitative estimate of drug-likeness (QED) is 0.534. The second kappa shape index (κ2) is 6.62. The topological polar surface area (TPSA) is 62.4 Å². The molecular weight excluding hydrogens is 182 g/mol. The maximum atomic E-state index is 11.2. The van der Waals surface area contributed by atoms with E-state index in [0.29, 0.717) is 25.7 Å². The van der Waals surface area contributed by atoms with Crippen molar-refractivity contribution in [1.82, 2.24) is 16.0 Å².